The summed E-state index contributed by atoms with van der Waals surface area (Å²) in [6.45, 7) is 8.85. The molecular formula is C12H21N. The predicted octanol–water partition coefficient (Wildman–Crippen LogP) is 3.03. The van der Waals surface area contributed by atoms with E-state index < -0.39 is 0 Å². The number of nitrogens with two attached hydrogens (primary N) is 1. The maximum absolute atomic E-state index is 6.07. The molecule has 1 nitrogen and oxygen atoms in total. The van der Waals surface area contributed by atoms with Crippen LogP contribution in [0.15, 0.2) is 22.8 Å². The van der Waals surface area contributed by atoms with Crippen LogP contribution in [0.1, 0.15) is 40.5 Å². The molecule has 0 spiro atoms. The fraction of sp³-hybridized carbons (Fsp3) is 0.667. The quantitative estimate of drug-likeness (QED) is 0.658. The lowest BCUT2D eigenvalue weighted by Crippen LogP contribution is -2.26. The molecule has 0 bridgehead atoms. The van der Waals surface area contributed by atoms with Crippen LogP contribution in [0, 0.1) is 5.92 Å². The predicted molar refractivity (Wildman–Crippen MR) is 58.5 cm³/mol. The first-order valence-corrected chi connectivity index (χ1v) is 5.19. The van der Waals surface area contributed by atoms with Crippen LogP contribution in [0.25, 0.3) is 0 Å². The molecule has 2 unspecified atom stereocenters. The fourth-order valence-corrected chi connectivity index (χ4v) is 1.92. The molecule has 0 saturated carbocycles. The van der Waals surface area contributed by atoms with E-state index in [9.17, 15) is 0 Å². The lowest BCUT2D eigenvalue weighted by molar-refractivity contribution is 0.536. The second-order valence-electron chi connectivity index (χ2n) is 4.18. The van der Waals surface area contributed by atoms with Crippen LogP contribution < -0.4 is 5.73 Å². The van der Waals surface area contributed by atoms with E-state index >= 15 is 0 Å². The van der Waals surface area contributed by atoms with Gasteiger partial charge < -0.3 is 5.73 Å². The third kappa shape index (κ3) is 2.22. The molecule has 0 heterocycles. The van der Waals surface area contributed by atoms with Crippen molar-refractivity contribution < 1.29 is 0 Å². The second-order valence-corrected chi connectivity index (χ2v) is 4.18. The molecular weight excluding hydrogens is 158 g/mol. The average Bonchev–Trinajstić information content (AvgIpc) is 2.18. The summed E-state index contributed by atoms with van der Waals surface area (Å²) in [5, 5.41) is 0. The standard InChI is InChI=1S/C12H21N/c1-5-11-6-9(3)12(13)7-8(2)10(11)4/h6,9,12H,5,7,13H2,1-4H3. The highest BCUT2D eigenvalue weighted by Crippen LogP contribution is 2.27. The zero-order valence-corrected chi connectivity index (χ0v) is 9.22. The van der Waals surface area contributed by atoms with Crippen LogP contribution in [0.5, 0.6) is 0 Å². The summed E-state index contributed by atoms with van der Waals surface area (Å²) in [6.07, 6.45) is 4.52. The van der Waals surface area contributed by atoms with Gasteiger partial charge in [0.15, 0.2) is 0 Å². The Bertz CT molecular complexity index is 248. The Balaban J connectivity index is 3.01. The minimum atomic E-state index is 0.305. The van der Waals surface area contributed by atoms with Crippen molar-refractivity contribution in [3.05, 3.63) is 22.8 Å². The van der Waals surface area contributed by atoms with E-state index in [1.165, 1.54) is 16.7 Å². The number of hydrogen-bond acceptors (Lipinski definition) is 1. The van der Waals surface area contributed by atoms with Crippen molar-refractivity contribution in [2.75, 3.05) is 0 Å². The van der Waals surface area contributed by atoms with Gasteiger partial charge in [-0.1, -0.05) is 25.5 Å². The highest BCUT2D eigenvalue weighted by atomic mass is 14.6. The Kier molecular flexibility index (Phi) is 3.32. The van der Waals surface area contributed by atoms with Crippen LogP contribution in [-0.2, 0) is 0 Å². The molecule has 0 saturated heterocycles. The third-order valence-corrected chi connectivity index (χ3v) is 3.18. The Morgan fingerprint density at radius 2 is 2.08 bits per heavy atom. The molecule has 1 rings (SSSR count). The van der Waals surface area contributed by atoms with Crippen molar-refractivity contribution in [3.8, 4) is 0 Å². The Morgan fingerprint density at radius 1 is 1.46 bits per heavy atom. The van der Waals surface area contributed by atoms with Gasteiger partial charge in [-0.15, -0.1) is 0 Å². The van der Waals surface area contributed by atoms with Crippen LogP contribution in [0.4, 0.5) is 0 Å². The van der Waals surface area contributed by atoms with E-state index in [2.05, 4.69) is 33.8 Å². The molecule has 0 aromatic rings. The van der Waals surface area contributed by atoms with Gasteiger partial charge in [0, 0.05) is 6.04 Å². The molecule has 0 radical (unpaired) electrons. The second kappa shape index (κ2) is 4.10. The molecule has 0 aromatic heterocycles. The van der Waals surface area contributed by atoms with Gasteiger partial charge in [0.05, 0.1) is 0 Å². The maximum atomic E-state index is 6.07. The molecule has 1 aliphatic carbocycles. The summed E-state index contributed by atoms with van der Waals surface area (Å²) in [5.41, 5.74) is 10.5. The summed E-state index contributed by atoms with van der Waals surface area (Å²) in [5.74, 6) is 0.516. The van der Waals surface area contributed by atoms with E-state index in [0.717, 1.165) is 12.8 Å². The van der Waals surface area contributed by atoms with Gasteiger partial charge in [-0.25, -0.2) is 0 Å². The summed E-state index contributed by atoms with van der Waals surface area (Å²) in [6, 6.07) is 0.305. The highest BCUT2D eigenvalue weighted by molar-refractivity contribution is 5.35. The van der Waals surface area contributed by atoms with E-state index in [-0.39, 0.29) is 0 Å². The Morgan fingerprint density at radius 3 is 2.62 bits per heavy atom. The van der Waals surface area contributed by atoms with Gasteiger partial charge in [-0.05, 0) is 43.8 Å². The highest BCUT2D eigenvalue weighted by Gasteiger charge is 2.17. The number of allylic oxidation sites excluding steroid dienone is 2. The summed E-state index contributed by atoms with van der Waals surface area (Å²) in [4.78, 5) is 0. The zero-order valence-electron chi connectivity index (χ0n) is 9.22. The molecule has 0 aromatic carbocycles. The first kappa shape index (κ1) is 10.5. The largest absolute Gasteiger partial charge is 0.327 e. The summed E-state index contributed by atoms with van der Waals surface area (Å²) in [7, 11) is 0. The molecule has 0 fully saturated rings. The molecule has 13 heavy (non-hydrogen) atoms. The van der Waals surface area contributed by atoms with Gasteiger partial charge in [0.1, 0.15) is 0 Å². The molecule has 0 amide bonds. The molecule has 1 heteroatoms. The third-order valence-electron chi connectivity index (χ3n) is 3.18. The molecule has 0 aliphatic heterocycles. The van der Waals surface area contributed by atoms with Crippen molar-refractivity contribution >= 4 is 0 Å². The van der Waals surface area contributed by atoms with Crippen molar-refractivity contribution in [2.45, 2.75) is 46.6 Å². The molecule has 2 atom stereocenters. The van der Waals surface area contributed by atoms with Crippen molar-refractivity contribution in [1.82, 2.24) is 0 Å². The first-order valence-electron chi connectivity index (χ1n) is 5.19. The molecule has 2 N–H and O–H groups in total. The van der Waals surface area contributed by atoms with Crippen LogP contribution in [0.2, 0.25) is 0 Å². The average molecular weight is 179 g/mol. The summed E-state index contributed by atoms with van der Waals surface area (Å²) < 4.78 is 0. The van der Waals surface area contributed by atoms with E-state index in [1.807, 2.05) is 0 Å². The van der Waals surface area contributed by atoms with Gasteiger partial charge in [0.25, 0.3) is 0 Å². The van der Waals surface area contributed by atoms with Crippen molar-refractivity contribution in [1.29, 1.82) is 0 Å². The lowest BCUT2D eigenvalue weighted by Gasteiger charge is -2.14. The van der Waals surface area contributed by atoms with Gasteiger partial charge in [-0.2, -0.15) is 0 Å². The van der Waals surface area contributed by atoms with E-state index in [0.29, 0.717) is 12.0 Å². The maximum Gasteiger partial charge on any atom is 0.0137 e. The minimum Gasteiger partial charge on any atom is -0.327 e. The Hall–Kier alpha value is -0.560. The number of rotatable bonds is 1. The van der Waals surface area contributed by atoms with Gasteiger partial charge in [0.2, 0.25) is 0 Å². The zero-order chi connectivity index (χ0) is 10.0. The topological polar surface area (TPSA) is 26.0 Å². The fourth-order valence-electron chi connectivity index (χ4n) is 1.92. The number of hydrogen-bond donors (Lipinski definition) is 1. The van der Waals surface area contributed by atoms with Crippen LogP contribution in [-0.4, -0.2) is 6.04 Å². The monoisotopic (exact) mass is 179 g/mol. The summed E-state index contributed by atoms with van der Waals surface area (Å²) >= 11 is 0. The lowest BCUT2D eigenvalue weighted by atomic mass is 9.98. The van der Waals surface area contributed by atoms with Crippen molar-refractivity contribution in [2.24, 2.45) is 11.7 Å². The van der Waals surface area contributed by atoms with Gasteiger partial charge >= 0.3 is 0 Å². The first-order chi connectivity index (χ1) is 6.06. The van der Waals surface area contributed by atoms with E-state index in [1.54, 1.807) is 0 Å². The van der Waals surface area contributed by atoms with Crippen molar-refractivity contribution in [3.63, 3.8) is 0 Å². The Labute approximate surface area is 81.7 Å². The van der Waals surface area contributed by atoms with Gasteiger partial charge in [-0.3, -0.25) is 0 Å². The molecule has 1 aliphatic rings. The smallest absolute Gasteiger partial charge is 0.0137 e. The molecule has 74 valence electrons. The van der Waals surface area contributed by atoms with E-state index in [4.69, 9.17) is 5.73 Å². The van der Waals surface area contributed by atoms with Crippen LogP contribution in [0.3, 0.4) is 0 Å². The SMILES string of the molecule is CCC1=CC(C)C(N)CC(C)=C1C. The normalized spacial score (nSPS) is 30.1. The minimum absolute atomic E-state index is 0.305. The van der Waals surface area contributed by atoms with Crippen LogP contribution >= 0.6 is 0 Å².